The van der Waals surface area contributed by atoms with Gasteiger partial charge in [0, 0.05) is 61.4 Å². The zero-order valence-electron chi connectivity index (χ0n) is 17.5. The van der Waals surface area contributed by atoms with Crippen LogP contribution >= 0.6 is 0 Å². The second kappa shape index (κ2) is 9.19. The van der Waals surface area contributed by atoms with Gasteiger partial charge in [-0.25, -0.2) is 5.84 Å². The van der Waals surface area contributed by atoms with Crippen molar-refractivity contribution < 1.29 is 0 Å². The van der Waals surface area contributed by atoms with Crippen LogP contribution in [-0.4, -0.2) is 48.6 Å². The van der Waals surface area contributed by atoms with Crippen LogP contribution in [0.5, 0.6) is 0 Å². The molecule has 158 valence electrons. The predicted octanol–water partition coefficient (Wildman–Crippen LogP) is 2.86. The Kier molecular flexibility index (Phi) is 6.21. The molecule has 1 fully saturated rings. The number of para-hydroxylation sites is 1. The molecule has 0 radical (unpaired) electrons. The molecular formula is C23H31N7. The standard InChI is InChI=1S/C23H31N7/c1-29(25)23(28-24)9-12-26-19-10-13-30(14-11-19)20-7-4-6-17(15-20)22-16-18-5-2-3-8-21(18)27-22/h2-8,15-16,19,26-27H,9-14,24-25H2,1H3/b28-23-. The smallest absolute Gasteiger partial charge is 0.139 e. The maximum atomic E-state index is 5.71. The first-order chi connectivity index (χ1) is 14.6. The van der Waals surface area contributed by atoms with Crippen LogP contribution in [0.1, 0.15) is 19.3 Å². The van der Waals surface area contributed by atoms with Crippen LogP contribution in [0.25, 0.3) is 22.2 Å². The topological polar surface area (TPSA) is 98.7 Å². The molecule has 4 rings (SSSR count). The van der Waals surface area contributed by atoms with Gasteiger partial charge in [0.15, 0.2) is 0 Å². The van der Waals surface area contributed by atoms with Crippen molar-refractivity contribution in [2.45, 2.75) is 25.3 Å². The number of piperidine rings is 1. The van der Waals surface area contributed by atoms with Crippen molar-refractivity contribution in [3.05, 3.63) is 54.6 Å². The van der Waals surface area contributed by atoms with Crippen molar-refractivity contribution in [3.63, 3.8) is 0 Å². The molecule has 7 heteroatoms. The molecule has 0 unspecified atom stereocenters. The lowest BCUT2D eigenvalue weighted by atomic mass is 10.0. The average Bonchev–Trinajstić information content (AvgIpc) is 3.21. The number of aromatic amines is 1. The number of aromatic nitrogens is 1. The monoisotopic (exact) mass is 405 g/mol. The van der Waals surface area contributed by atoms with Crippen LogP contribution in [-0.2, 0) is 0 Å². The normalized spacial score (nSPS) is 15.7. The highest BCUT2D eigenvalue weighted by Gasteiger charge is 2.19. The molecule has 0 bridgehead atoms. The van der Waals surface area contributed by atoms with Gasteiger partial charge in [-0.05, 0) is 42.7 Å². The summed E-state index contributed by atoms with van der Waals surface area (Å²) in [5.74, 6) is 11.8. The van der Waals surface area contributed by atoms with Crippen LogP contribution in [0.4, 0.5) is 5.69 Å². The number of hydrazine groups is 1. The Balaban J connectivity index is 1.34. The number of H-pyrrole nitrogens is 1. The second-order valence-electron chi connectivity index (χ2n) is 7.94. The molecule has 0 amide bonds. The first-order valence-electron chi connectivity index (χ1n) is 10.6. The molecule has 0 spiro atoms. The third-order valence-corrected chi connectivity index (χ3v) is 5.89. The highest BCUT2D eigenvalue weighted by molar-refractivity contribution is 5.86. The van der Waals surface area contributed by atoms with E-state index >= 15 is 0 Å². The van der Waals surface area contributed by atoms with E-state index in [1.807, 2.05) is 0 Å². The van der Waals surface area contributed by atoms with E-state index in [-0.39, 0.29) is 0 Å². The summed E-state index contributed by atoms with van der Waals surface area (Å²) in [4.78, 5) is 6.01. The van der Waals surface area contributed by atoms with E-state index in [1.54, 1.807) is 7.05 Å². The van der Waals surface area contributed by atoms with Gasteiger partial charge in [-0.2, -0.15) is 5.10 Å². The van der Waals surface area contributed by atoms with Crippen LogP contribution in [0, 0.1) is 0 Å². The van der Waals surface area contributed by atoms with Crippen molar-refractivity contribution >= 4 is 22.4 Å². The van der Waals surface area contributed by atoms with E-state index in [2.05, 4.69) is 74.9 Å². The zero-order chi connectivity index (χ0) is 20.9. The number of nitrogens with zero attached hydrogens (tertiary/aromatic N) is 3. The quantitative estimate of drug-likeness (QED) is 0.219. The molecule has 2 heterocycles. The van der Waals surface area contributed by atoms with Gasteiger partial charge < -0.3 is 26.1 Å². The molecule has 1 aromatic heterocycles. The summed E-state index contributed by atoms with van der Waals surface area (Å²) in [5, 5.41) is 10.1. The molecular weight excluding hydrogens is 374 g/mol. The Labute approximate surface area is 177 Å². The molecule has 0 aliphatic carbocycles. The fourth-order valence-electron chi connectivity index (χ4n) is 4.16. The summed E-state index contributed by atoms with van der Waals surface area (Å²) in [6.45, 7) is 2.92. The first-order valence-corrected chi connectivity index (χ1v) is 10.6. The van der Waals surface area contributed by atoms with E-state index in [4.69, 9.17) is 11.7 Å². The number of fused-ring (bicyclic) bond motifs is 1. The zero-order valence-corrected chi connectivity index (χ0v) is 17.5. The van der Waals surface area contributed by atoms with Crippen molar-refractivity contribution in [2.75, 3.05) is 31.6 Å². The number of nitrogens with two attached hydrogens (primary N) is 2. The van der Waals surface area contributed by atoms with E-state index in [0.717, 1.165) is 44.6 Å². The second-order valence-corrected chi connectivity index (χ2v) is 7.94. The minimum Gasteiger partial charge on any atom is -0.371 e. The Bertz CT molecular complexity index is 966. The lowest BCUT2D eigenvalue weighted by molar-refractivity contribution is 0.416. The number of hydrazone groups is 1. The first kappa shape index (κ1) is 20.3. The Morgan fingerprint density at radius 1 is 1.17 bits per heavy atom. The van der Waals surface area contributed by atoms with Crippen LogP contribution in [0.3, 0.4) is 0 Å². The maximum Gasteiger partial charge on any atom is 0.139 e. The van der Waals surface area contributed by atoms with Gasteiger partial charge in [0.2, 0.25) is 0 Å². The summed E-state index contributed by atoms with van der Waals surface area (Å²) < 4.78 is 0. The average molecular weight is 406 g/mol. The minimum absolute atomic E-state index is 0.514. The lowest BCUT2D eigenvalue weighted by Crippen LogP contribution is -2.44. The molecule has 7 nitrogen and oxygen atoms in total. The van der Waals surface area contributed by atoms with Gasteiger partial charge in [-0.1, -0.05) is 30.3 Å². The SMILES string of the molecule is CN(N)/C(CCNC1CCN(c2cccc(-c3cc4ccccc4[nH]3)c2)CC1)=N\N. The molecule has 1 aliphatic rings. The number of anilines is 1. The Morgan fingerprint density at radius 3 is 2.70 bits per heavy atom. The highest BCUT2D eigenvalue weighted by atomic mass is 15.4. The van der Waals surface area contributed by atoms with E-state index in [1.165, 1.54) is 27.2 Å². The number of nitrogens with one attached hydrogen (secondary N) is 2. The van der Waals surface area contributed by atoms with Crippen LogP contribution in [0.2, 0.25) is 0 Å². The summed E-state index contributed by atoms with van der Waals surface area (Å²) >= 11 is 0. The van der Waals surface area contributed by atoms with Gasteiger partial charge in [0.1, 0.15) is 5.84 Å². The van der Waals surface area contributed by atoms with Crippen molar-refractivity contribution in [2.24, 2.45) is 16.8 Å². The van der Waals surface area contributed by atoms with Gasteiger partial charge >= 0.3 is 0 Å². The van der Waals surface area contributed by atoms with E-state index in [9.17, 15) is 0 Å². The van der Waals surface area contributed by atoms with Gasteiger partial charge in [0.05, 0.1) is 0 Å². The van der Waals surface area contributed by atoms with Crippen LogP contribution < -0.4 is 21.9 Å². The molecule has 1 saturated heterocycles. The van der Waals surface area contributed by atoms with Crippen LogP contribution in [0.15, 0.2) is 59.7 Å². The largest absolute Gasteiger partial charge is 0.371 e. The minimum atomic E-state index is 0.514. The number of hydrogen-bond donors (Lipinski definition) is 4. The van der Waals surface area contributed by atoms with Gasteiger partial charge in [0.25, 0.3) is 0 Å². The van der Waals surface area contributed by atoms with Crippen molar-refractivity contribution in [1.29, 1.82) is 0 Å². The molecule has 30 heavy (non-hydrogen) atoms. The Hall–Kier alpha value is -3.03. The third kappa shape index (κ3) is 4.58. The molecule has 0 saturated carbocycles. The van der Waals surface area contributed by atoms with Crippen molar-refractivity contribution in [3.8, 4) is 11.3 Å². The van der Waals surface area contributed by atoms with E-state index < -0.39 is 0 Å². The van der Waals surface area contributed by atoms with Gasteiger partial charge in [-0.15, -0.1) is 0 Å². The van der Waals surface area contributed by atoms with Crippen molar-refractivity contribution in [1.82, 2.24) is 15.3 Å². The number of amidine groups is 1. The fraction of sp³-hybridized carbons (Fsp3) is 0.348. The summed E-state index contributed by atoms with van der Waals surface area (Å²) in [7, 11) is 1.76. The van der Waals surface area contributed by atoms with Gasteiger partial charge in [-0.3, -0.25) is 0 Å². The highest BCUT2D eigenvalue weighted by Crippen LogP contribution is 2.28. The maximum absolute atomic E-state index is 5.71. The number of benzene rings is 2. The summed E-state index contributed by atoms with van der Waals surface area (Å²) in [6.07, 6.45) is 2.96. The molecule has 1 aliphatic heterocycles. The predicted molar refractivity (Wildman–Crippen MR) is 125 cm³/mol. The summed E-state index contributed by atoms with van der Waals surface area (Å²) in [5.41, 5.74) is 4.85. The lowest BCUT2D eigenvalue weighted by Gasteiger charge is -2.34. The fourth-order valence-corrected chi connectivity index (χ4v) is 4.16. The molecule has 3 aromatic rings. The molecule has 0 atom stereocenters. The number of rotatable bonds is 6. The Morgan fingerprint density at radius 2 is 1.97 bits per heavy atom. The summed E-state index contributed by atoms with van der Waals surface area (Å²) in [6, 6.07) is 20.0. The molecule has 6 N–H and O–H groups in total. The third-order valence-electron chi connectivity index (χ3n) is 5.89. The number of hydrogen-bond acceptors (Lipinski definition) is 5. The van der Waals surface area contributed by atoms with E-state index in [0.29, 0.717) is 11.9 Å². The molecule has 2 aromatic carbocycles.